The number of carbonyl (C=O) groups is 1. The lowest BCUT2D eigenvalue weighted by molar-refractivity contribution is -0.121. The van der Waals surface area contributed by atoms with Gasteiger partial charge in [-0.1, -0.05) is 24.3 Å². The molecule has 1 aromatic rings. The first-order valence-electron chi connectivity index (χ1n) is 5.91. The number of unbranched alkanes of at least 4 members (excludes halogenated alkanes) is 1. The van der Waals surface area contributed by atoms with Crippen molar-refractivity contribution in [3.63, 3.8) is 0 Å². The number of hydrogen-bond donors (Lipinski definition) is 3. The molecule has 4 N–H and O–H groups in total. The molecule has 0 atom stereocenters. The van der Waals surface area contributed by atoms with Gasteiger partial charge in [0.1, 0.15) is 0 Å². The zero-order valence-corrected chi connectivity index (χ0v) is 9.98. The summed E-state index contributed by atoms with van der Waals surface area (Å²) in [5.41, 5.74) is 7.27. The molecular weight excluding hydrogens is 216 g/mol. The fraction of sp³-hybridized carbons (Fsp3) is 0.462. The molecule has 4 nitrogen and oxygen atoms in total. The quantitative estimate of drug-likeness (QED) is 0.616. The van der Waals surface area contributed by atoms with E-state index < -0.39 is 0 Å². The van der Waals surface area contributed by atoms with Crippen LogP contribution in [0.3, 0.4) is 0 Å². The number of aliphatic hydroxyl groups excluding tert-OH is 1. The van der Waals surface area contributed by atoms with Crippen LogP contribution in [0.1, 0.15) is 30.4 Å². The molecule has 0 aliphatic heterocycles. The van der Waals surface area contributed by atoms with Crippen molar-refractivity contribution in [2.75, 3.05) is 6.54 Å². The Kier molecular flexibility index (Phi) is 6.29. The molecule has 17 heavy (non-hydrogen) atoms. The van der Waals surface area contributed by atoms with Gasteiger partial charge >= 0.3 is 0 Å². The summed E-state index contributed by atoms with van der Waals surface area (Å²) in [7, 11) is 0. The lowest BCUT2D eigenvalue weighted by Crippen LogP contribution is -2.22. The van der Waals surface area contributed by atoms with E-state index in [-0.39, 0.29) is 12.5 Å². The van der Waals surface area contributed by atoms with E-state index >= 15 is 0 Å². The van der Waals surface area contributed by atoms with Crippen molar-refractivity contribution in [3.8, 4) is 0 Å². The maximum atomic E-state index is 11.4. The van der Waals surface area contributed by atoms with Gasteiger partial charge in [-0.2, -0.15) is 0 Å². The summed E-state index contributed by atoms with van der Waals surface area (Å²) >= 11 is 0. The molecule has 0 fully saturated rings. The molecule has 0 unspecified atom stereocenters. The topological polar surface area (TPSA) is 75.4 Å². The van der Waals surface area contributed by atoms with E-state index in [2.05, 4.69) is 5.32 Å². The molecule has 1 amide bonds. The van der Waals surface area contributed by atoms with E-state index in [1.54, 1.807) is 0 Å². The van der Waals surface area contributed by atoms with Crippen molar-refractivity contribution in [2.45, 2.75) is 32.4 Å². The maximum absolute atomic E-state index is 11.4. The van der Waals surface area contributed by atoms with Crippen molar-refractivity contribution in [2.24, 2.45) is 5.73 Å². The Balaban J connectivity index is 2.27. The molecule has 1 aromatic carbocycles. The predicted molar refractivity (Wildman–Crippen MR) is 67.1 cm³/mol. The first-order chi connectivity index (χ1) is 8.26. The molecule has 0 aliphatic rings. The van der Waals surface area contributed by atoms with Crippen LogP contribution in [-0.2, 0) is 17.9 Å². The van der Waals surface area contributed by atoms with Crippen LogP contribution < -0.4 is 11.1 Å². The average Bonchev–Trinajstić information content (AvgIpc) is 2.37. The third-order valence-corrected chi connectivity index (χ3v) is 2.55. The summed E-state index contributed by atoms with van der Waals surface area (Å²) in [6, 6.07) is 7.53. The summed E-state index contributed by atoms with van der Waals surface area (Å²) in [6.07, 6.45) is 2.26. The van der Waals surface area contributed by atoms with Gasteiger partial charge in [0.25, 0.3) is 0 Å². The number of aliphatic hydroxyl groups is 1. The second-order valence-electron chi connectivity index (χ2n) is 4.00. The van der Waals surface area contributed by atoms with Crippen molar-refractivity contribution in [1.82, 2.24) is 5.32 Å². The number of nitrogens with one attached hydrogen (secondary N) is 1. The van der Waals surface area contributed by atoms with Crippen LogP contribution in [0.2, 0.25) is 0 Å². The van der Waals surface area contributed by atoms with E-state index in [0.717, 1.165) is 24.0 Å². The summed E-state index contributed by atoms with van der Waals surface area (Å²) in [4.78, 5) is 11.4. The first kappa shape index (κ1) is 13.7. The van der Waals surface area contributed by atoms with Gasteiger partial charge in [0, 0.05) is 13.0 Å². The summed E-state index contributed by atoms with van der Waals surface area (Å²) < 4.78 is 0. The molecule has 1 rings (SSSR count). The molecule has 0 saturated carbocycles. The number of carbonyl (C=O) groups excluding carboxylic acids is 1. The number of rotatable bonds is 7. The normalized spacial score (nSPS) is 10.2. The van der Waals surface area contributed by atoms with Crippen molar-refractivity contribution < 1.29 is 9.90 Å². The van der Waals surface area contributed by atoms with Crippen LogP contribution in [-0.4, -0.2) is 17.6 Å². The molecule has 0 radical (unpaired) electrons. The average molecular weight is 236 g/mol. The van der Waals surface area contributed by atoms with Crippen LogP contribution in [0.4, 0.5) is 0 Å². The molecule has 94 valence electrons. The molecular formula is C13H20N2O2. The Morgan fingerprint density at radius 1 is 1.18 bits per heavy atom. The Morgan fingerprint density at radius 3 is 2.41 bits per heavy atom. The highest BCUT2D eigenvalue weighted by Crippen LogP contribution is 2.04. The second-order valence-corrected chi connectivity index (χ2v) is 4.00. The Hall–Kier alpha value is -1.39. The van der Waals surface area contributed by atoms with Gasteiger partial charge in [0.05, 0.1) is 6.61 Å². The van der Waals surface area contributed by atoms with Gasteiger partial charge in [-0.3, -0.25) is 4.79 Å². The van der Waals surface area contributed by atoms with Gasteiger partial charge in [0.15, 0.2) is 0 Å². The lowest BCUT2D eigenvalue weighted by atomic mass is 10.1. The second kappa shape index (κ2) is 7.81. The smallest absolute Gasteiger partial charge is 0.220 e. The van der Waals surface area contributed by atoms with Crippen LogP contribution in [0.25, 0.3) is 0 Å². The minimum Gasteiger partial charge on any atom is -0.392 e. The van der Waals surface area contributed by atoms with Gasteiger partial charge in [-0.05, 0) is 30.5 Å². The SMILES string of the molecule is NCCCCC(=O)NCc1ccc(CO)cc1. The molecule has 0 spiro atoms. The fourth-order valence-corrected chi connectivity index (χ4v) is 1.48. The predicted octanol–water partition coefficient (Wildman–Crippen LogP) is 0.924. The molecule has 0 heterocycles. The largest absolute Gasteiger partial charge is 0.392 e. The Labute approximate surface area is 102 Å². The molecule has 4 heteroatoms. The third kappa shape index (κ3) is 5.47. The van der Waals surface area contributed by atoms with Crippen molar-refractivity contribution in [1.29, 1.82) is 0 Å². The standard InChI is InChI=1S/C13H20N2O2/c14-8-2-1-3-13(17)15-9-11-4-6-12(10-16)7-5-11/h4-7,16H,1-3,8-10,14H2,(H,15,17). The van der Waals surface area contributed by atoms with Gasteiger partial charge in [-0.15, -0.1) is 0 Å². The highest BCUT2D eigenvalue weighted by Gasteiger charge is 2.00. The Bertz CT molecular complexity index is 336. The minimum atomic E-state index is 0.0473. The maximum Gasteiger partial charge on any atom is 0.220 e. The van der Waals surface area contributed by atoms with E-state index in [0.29, 0.717) is 19.5 Å². The van der Waals surface area contributed by atoms with Crippen LogP contribution >= 0.6 is 0 Å². The molecule has 0 saturated heterocycles. The highest BCUT2D eigenvalue weighted by atomic mass is 16.3. The summed E-state index contributed by atoms with van der Waals surface area (Å²) in [5, 5.41) is 11.7. The highest BCUT2D eigenvalue weighted by molar-refractivity contribution is 5.75. The van der Waals surface area contributed by atoms with Crippen molar-refractivity contribution in [3.05, 3.63) is 35.4 Å². The molecule has 0 bridgehead atoms. The van der Waals surface area contributed by atoms with E-state index in [1.807, 2.05) is 24.3 Å². The fourth-order valence-electron chi connectivity index (χ4n) is 1.48. The zero-order valence-electron chi connectivity index (χ0n) is 9.98. The van der Waals surface area contributed by atoms with Gasteiger partial charge in [-0.25, -0.2) is 0 Å². The number of benzene rings is 1. The summed E-state index contributed by atoms with van der Waals surface area (Å²) in [5.74, 6) is 0.0599. The van der Waals surface area contributed by atoms with Gasteiger partial charge < -0.3 is 16.2 Å². The minimum absolute atomic E-state index is 0.0473. The number of nitrogens with two attached hydrogens (primary N) is 1. The summed E-state index contributed by atoms with van der Waals surface area (Å²) in [6.45, 7) is 1.22. The van der Waals surface area contributed by atoms with E-state index in [1.165, 1.54) is 0 Å². The zero-order chi connectivity index (χ0) is 12.5. The van der Waals surface area contributed by atoms with E-state index in [4.69, 9.17) is 10.8 Å². The third-order valence-electron chi connectivity index (χ3n) is 2.55. The molecule has 0 aromatic heterocycles. The van der Waals surface area contributed by atoms with Gasteiger partial charge in [0.2, 0.25) is 5.91 Å². The van der Waals surface area contributed by atoms with Crippen LogP contribution in [0, 0.1) is 0 Å². The monoisotopic (exact) mass is 236 g/mol. The first-order valence-corrected chi connectivity index (χ1v) is 5.91. The number of amides is 1. The lowest BCUT2D eigenvalue weighted by Gasteiger charge is -2.05. The van der Waals surface area contributed by atoms with Crippen LogP contribution in [0.5, 0.6) is 0 Å². The van der Waals surface area contributed by atoms with Crippen molar-refractivity contribution >= 4 is 5.91 Å². The van der Waals surface area contributed by atoms with E-state index in [9.17, 15) is 4.79 Å². The Morgan fingerprint density at radius 2 is 1.82 bits per heavy atom. The molecule has 0 aliphatic carbocycles. The van der Waals surface area contributed by atoms with Crippen LogP contribution in [0.15, 0.2) is 24.3 Å². The number of hydrogen-bond acceptors (Lipinski definition) is 3.